The van der Waals surface area contributed by atoms with Gasteiger partial charge in [0.25, 0.3) is 0 Å². The monoisotopic (exact) mass is 374 g/mol. The zero-order valence-corrected chi connectivity index (χ0v) is 16.2. The number of urea groups is 1. The highest BCUT2D eigenvalue weighted by Gasteiger charge is 2.36. The number of hydrogen-bond acceptors (Lipinski definition) is 1. The summed E-state index contributed by atoms with van der Waals surface area (Å²) in [6.07, 6.45) is 2.11. The van der Waals surface area contributed by atoms with Gasteiger partial charge in [0.1, 0.15) is 0 Å². The van der Waals surface area contributed by atoms with Crippen LogP contribution in [0.4, 0.5) is 16.2 Å². The molecule has 0 unspecified atom stereocenters. The number of fused-ring (bicyclic) bond motifs is 1. The molecule has 0 aliphatic carbocycles. The Morgan fingerprint density at radius 3 is 2.44 bits per heavy atom. The SMILES string of the molecule is CC1=CC(C)(C)N(C(=O)Nc2ccc(Cl)c(Cl)c2)c2cc(C)ccc21. The number of carbonyl (C=O) groups excluding carboxylic acids is 1. The Balaban J connectivity index is 2.01. The lowest BCUT2D eigenvalue weighted by Crippen LogP contribution is -2.50. The van der Waals surface area contributed by atoms with E-state index in [9.17, 15) is 4.79 Å². The van der Waals surface area contributed by atoms with Crippen molar-refractivity contribution < 1.29 is 4.79 Å². The topological polar surface area (TPSA) is 32.3 Å². The van der Waals surface area contributed by atoms with E-state index < -0.39 is 5.54 Å². The van der Waals surface area contributed by atoms with E-state index in [0.29, 0.717) is 15.7 Å². The highest BCUT2D eigenvalue weighted by Crippen LogP contribution is 2.39. The van der Waals surface area contributed by atoms with E-state index in [0.717, 1.165) is 16.8 Å². The Bertz CT molecular complexity index is 887. The fraction of sp³-hybridized carbons (Fsp3) is 0.250. The molecule has 0 bridgehead atoms. The molecule has 0 saturated carbocycles. The second-order valence-electron chi connectivity index (χ2n) is 6.90. The molecule has 3 rings (SSSR count). The Hall–Kier alpha value is -1.97. The average molecular weight is 375 g/mol. The van der Waals surface area contributed by atoms with Gasteiger partial charge in [-0.05, 0) is 63.1 Å². The van der Waals surface area contributed by atoms with Crippen LogP contribution in [0, 0.1) is 6.92 Å². The number of allylic oxidation sites excluding steroid dienone is 1. The van der Waals surface area contributed by atoms with Gasteiger partial charge in [-0.1, -0.05) is 41.4 Å². The normalized spacial score (nSPS) is 15.4. The summed E-state index contributed by atoms with van der Waals surface area (Å²) in [7, 11) is 0. The quantitative estimate of drug-likeness (QED) is 0.603. The molecule has 0 radical (unpaired) electrons. The Kier molecular flexibility index (Phi) is 4.56. The molecule has 1 heterocycles. The van der Waals surface area contributed by atoms with Crippen molar-refractivity contribution >= 4 is 46.2 Å². The summed E-state index contributed by atoms with van der Waals surface area (Å²) in [4.78, 5) is 14.9. The number of amides is 2. The number of nitrogens with zero attached hydrogens (tertiary/aromatic N) is 1. The van der Waals surface area contributed by atoms with Crippen LogP contribution in [0.1, 0.15) is 31.9 Å². The molecule has 25 heavy (non-hydrogen) atoms. The summed E-state index contributed by atoms with van der Waals surface area (Å²) in [6, 6.07) is 11.0. The molecule has 0 atom stereocenters. The minimum Gasteiger partial charge on any atom is -0.307 e. The highest BCUT2D eigenvalue weighted by molar-refractivity contribution is 6.42. The number of hydrogen-bond donors (Lipinski definition) is 1. The van der Waals surface area contributed by atoms with Gasteiger partial charge >= 0.3 is 6.03 Å². The zero-order chi connectivity index (χ0) is 18.4. The Labute approximate surface area is 158 Å². The number of benzene rings is 2. The van der Waals surface area contributed by atoms with Crippen molar-refractivity contribution in [3.05, 3.63) is 63.6 Å². The minimum atomic E-state index is -0.453. The average Bonchev–Trinajstić information content (AvgIpc) is 2.49. The maximum absolute atomic E-state index is 13.1. The number of carbonyl (C=O) groups is 1. The van der Waals surface area contributed by atoms with Gasteiger partial charge in [0, 0.05) is 11.3 Å². The Morgan fingerprint density at radius 2 is 1.76 bits per heavy atom. The molecule has 130 valence electrons. The fourth-order valence-corrected chi connectivity index (χ4v) is 3.57. The molecule has 5 heteroatoms. The van der Waals surface area contributed by atoms with Crippen LogP contribution in [0.25, 0.3) is 5.57 Å². The van der Waals surface area contributed by atoms with E-state index in [1.165, 1.54) is 5.57 Å². The van der Waals surface area contributed by atoms with Gasteiger partial charge in [-0.2, -0.15) is 0 Å². The van der Waals surface area contributed by atoms with Crippen LogP contribution in [0.2, 0.25) is 10.0 Å². The second-order valence-corrected chi connectivity index (χ2v) is 7.71. The van der Waals surface area contributed by atoms with Crippen LogP contribution in [0.5, 0.6) is 0 Å². The van der Waals surface area contributed by atoms with E-state index in [4.69, 9.17) is 23.2 Å². The van der Waals surface area contributed by atoms with Crippen molar-refractivity contribution in [3.8, 4) is 0 Å². The van der Waals surface area contributed by atoms with E-state index in [1.54, 1.807) is 23.1 Å². The second kappa shape index (κ2) is 6.40. The molecule has 0 aromatic heterocycles. The molecular formula is C20H20Cl2N2O. The number of nitrogens with one attached hydrogen (secondary N) is 1. The molecule has 1 aliphatic heterocycles. The summed E-state index contributed by atoms with van der Waals surface area (Å²) >= 11 is 12.0. The van der Waals surface area contributed by atoms with Crippen LogP contribution >= 0.6 is 23.2 Å². The smallest absolute Gasteiger partial charge is 0.307 e. The standard InChI is InChI=1S/C20H20Cl2N2O/c1-12-5-7-15-13(2)11-20(3,4)24(18(15)9-12)19(25)23-14-6-8-16(21)17(22)10-14/h5-11H,1-4H3,(H,23,25). The van der Waals surface area contributed by atoms with Crippen LogP contribution in [0.3, 0.4) is 0 Å². The molecule has 3 nitrogen and oxygen atoms in total. The van der Waals surface area contributed by atoms with Gasteiger partial charge in [-0.3, -0.25) is 4.90 Å². The highest BCUT2D eigenvalue weighted by atomic mass is 35.5. The molecular weight excluding hydrogens is 355 g/mol. The molecule has 0 spiro atoms. The first-order valence-corrected chi connectivity index (χ1v) is 8.81. The summed E-state index contributed by atoms with van der Waals surface area (Å²) in [5, 5.41) is 3.79. The fourth-order valence-electron chi connectivity index (χ4n) is 3.27. The Morgan fingerprint density at radius 1 is 1.04 bits per heavy atom. The first-order valence-electron chi connectivity index (χ1n) is 8.06. The van der Waals surface area contributed by atoms with Gasteiger partial charge in [0.15, 0.2) is 0 Å². The molecule has 0 saturated heterocycles. The van der Waals surface area contributed by atoms with Crippen molar-refractivity contribution in [1.82, 2.24) is 0 Å². The lowest BCUT2D eigenvalue weighted by molar-refractivity contribution is 0.253. The number of aryl methyl sites for hydroxylation is 1. The van der Waals surface area contributed by atoms with Crippen molar-refractivity contribution in [1.29, 1.82) is 0 Å². The van der Waals surface area contributed by atoms with Crippen LogP contribution in [0.15, 0.2) is 42.5 Å². The van der Waals surface area contributed by atoms with Gasteiger partial charge < -0.3 is 5.32 Å². The largest absolute Gasteiger partial charge is 0.327 e. The molecule has 0 fully saturated rings. The van der Waals surface area contributed by atoms with Crippen molar-refractivity contribution in [3.63, 3.8) is 0 Å². The van der Waals surface area contributed by atoms with E-state index in [2.05, 4.69) is 30.4 Å². The van der Waals surface area contributed by atoms with Crippen LogP contribution in [-0.2, 0) is 0 Å². The summed E-state index contributed by atoms with van der Waals surface area (Å²) in [5.41, 5.74) is 4.40. The maximum Gasteiger partial charge on any atom is 0.327 e. The van der Waals surface area contributed by atoms with Gasteiger partial charge in [-0.15, -0.1) is 0 Å². The molecule has 2 amide bonds. The summed E-state index contributed by atoms with van der Waals surface area (Å²) in [6.45, 7) is 8.15. The maximum atomic E-state index is 13.1. The van der Waals surface area contributed by atoms with Gasteiger partial charge in [0.05, 0.1) is 21.3 Å². The van der Waals surface area contributed by atoms with Gasteiger partial charge in [0.2, 0.25) is 0 Å². The number of halogens is 2. The van der Waals surface area contributed by atoms with E-state index in [-0.39, 0.29) is 6.03 Å². The van der Waals surface area contributed by atoms with Crippen molar-refractivity contribution in [2.24, 2.45) is 0 Å². The molecule has 2 aromatic carbocycles. The minimum absolute atomic E-state index is 0.209. The molecule has 2 aromatic rings. The van der Waals surface area contributed by atoms with Crippen molar-refractivity contribution in [2.45, 2.75) is 33.2 Å². The first kappa shape index (κ1) is 17.8. The lowest BCUT2D eigenvalue weighted by atomic mass is 9.88. The number of anilines is 2. The molecule has 1 N–H and O–H groups in total. The van der Waals surface area contributed by atoms with Gasteiger partial charge in [-0.25, -0.2) is 4.79 Å². The van der Waals surface area contributed by atoms with E-state index in [1.807, 2.05) is 26.8 Å². The zero-order valence-electron chi connectivity index (χ0n) is 14.7. The predicted octanol–water partition coefficient (Wildman–Crippen LogP) is 6.54. The van der Waals surface area contributed by atoms with Crippen LogP contribution in [-0.4, -0.2) is 11.6 Å². The molecule has 1 aliphatic rings. The first-order chi connectivity index (χ1) is 11.7. The third-order valence-electron chi connectivity index (χ3n) is 4.34. The van der Waals surface area contributed by atoms with E-state index >= 15 is 0 Å². The third-order valence-corrected chi connectivity index (χ3v) is 5.08. The summed E-state index contributed by atoms with van der Waals surface area (Å²) in [5.74, 6) is 0. The summed E-state index contributed by atoms with van der Waals surface area (Å²) < 4.78 is 0. The number of rotatable bonds is 1. The third kappa shape index (κ3) is 3.39. The predicted molar refractivity (Wildman–Crippen MR) is 107 cm³/mol. The lowest BCUT2D eigenvalue weighted by Gasteiger charge is -2.41. The van der Waals surface area contributed by atoms with Crippen LogP contribution < -0.4 is 10.2 Å². The van der Waals surface area contributed by atoms with Crippen molar-refractivity contribution in [2.75, 3.05) is 10.2 Å².